The summed E-state index contributed by atoms with van der Waals surface area (Å²) in [5.41, 5.74) is -2.15. The Morgan fingerprint density at radius 1 is 1.00 bits per heavy atom. The third kappa shape index (κ3) is 7.20. The average Bonchev–Trinajstić information content (AvgIpc) is 2.08. The van der Waals surface area contributed by atoms with Crippen LogP contribution in [0, 0.1) is 0 Å². The smallest absolute Gasteiger partial charge is 0.0904 e. The lowest BCUT2D eigenvalue weighted by Gasteiger charge is -2.34. The first-order chi connectivity index (χ1) is 7.19. The Balaban J connectivity index is 3.99. The van der Waals surface area contributed by atoms with Crippen molar-refractivity contribution in [3.63, 3.8) is 0 Å². The summed E-state index contributed by atoms with van der Waals surface area (Å²) in [6.45, 7) is 7.02. The highest BCUT2D eigenvalue weighted by molar-refractivity contribution is 4.87. The number of aliphatic hydroxyl groups is 3. The van der Waals surface area contributed by atoms with E-state index in [1.807, 2.05) is 0 Å². The minimum absolute atomic E-state index is 0.189. The monoisotopic (exact) mass is 232 g/mol. The zero-order valence-corrected chi connectivity index (χ0v) is 11.2. The van der Waals surface area contributed by atoms with E-state index in [1.54, 1.807) is 20.8 Å². The van der Waals surface area contributed by atoms with Gasteiger partial charge in [-0.3, -0.25) is 0 Å². The Bertz CT molecular complexity index is 182. The van der Waals surface area contributed by atoms with Crippen molar-refractivity contribution in [2.75, 3.05) is 0 Å². The lowest BCUT2D eigenvalue weighted by Crippen LogP contribution is -2.45. The van der Waals surface area contributed by atoms with Crippen LogP contribution >= 0.6 is 0 Å². The quantitative estimate of drug-likeness (QED) is 0.562. The molecule has 0 radical (unpaired) electrons. The number of hydrogen-bond donors (Lipinski definition) is 3. The van der Waals surface area contributed by atoms with Crippen LogP contribution in [0.25, 0.3) is 0 Å². The highest BCUT2D eigenvalue weighted by Crippen LogP contribution is 2.26. The third-order valence-corrected chi connectivity index (χ3v) is 2.84. The van der Waals surface area contributed by atoms with Gasteiger partial charge in [-0.1, -0.05) is 32.6 Å². The summed E-state index contributed by atoms with van der Waals surface area (Å²) < 4.78 is 0. The Kier molecular flexibility index (Phi) is 6.53. The first-order valence-electron chi connectivity index (χ1n) is 6.32. The van der Waals surface area contributed by atoms with Crippen molar-refractivity contribution in [2.45, 2.75) is 83.5 Å². The highest BCUT2D eigenvalue weighted by Gasteiger charge is 2.35. The Morgan fingerprint density at radius 2 is 1.56 bits per heavy atom. The van der Waals surface area contributed by atoms with E-state index in [9.17, 15) is 15.3 Å². The average molecular weight is 232 g/mol. The number of rotatable bonds is 8. The second-order valence-electron chi connectivity index (χ2n) is 5.71. The second kappa shape index (κ2) is 6.58. The molecule has 2 unspecified atom stereocenters. The van der Waals surface area contributed by atoms with Gasteiger partial charge >= 0.3 is 0 Å². The molecule has 98 valence electrons. The molecule has 0 amide bonds. The molecule has 0 aliphatic carbocycles. The summed E-state index contributed by atoms with van der Waals surface area (Å²) in [5.74, 6) is 0. The van der Waals surface area contributed by atoms with E-state index in [1.165, 1.54) is 6.42 Å². The van der Waals surface area contributed by atoms with Gasteiger partial charge in [0, 0.05) is 6.42 Å². The Labute approximate surface area is 99.5 Å². The zero-order chi connectivity index (χ0) is 12.8. The van der Waals surface area contributed by atoms with Crippen LogP contribution in [0.5, 0.6) is 0 Å². The molecule has 0 saturated carbocycles. The standard InChI is InChI=1S/C13H28O3/c1-5-6-7-8-9-11(14)13(4,16)10-12(2,3)15/h11,14-16H,5-10H2,1-4H3. The fourth-order valence-electron chi connectivity index (χ4n) is 2.07. The molecule has 0 spiro atoms. The van der Waals surface area contributed by atoms with Gasteiger partial charge in [0.15, 0.2) is 0 Å². The van der Waals surface area contributed by atoms with Gasteiger partial charge in [0.05, 0.1) is 17.3 Å². The van der Waals surface area contributed by atoms with Crippen molar-refractivity contribution in [2.24, 2.45) is 0 Å². The van der Waals surface area contributed by atoms with Crippen molar-refractivity contribution < 1.29 is 15.3 Å². The fraction of sp³-hybridized carbons (Fsp3) is 1.00. The van der Waals surface area contributed by atoms with E-state index in [0.29, 0.717) is 6.42 Å². The largest absolute Gasteiger partial charge is 0.390 e. The summed E-state index contributed by atoms with van der Waals surface area (Å²) >= 11 is 0. The number of unbranched alkanes of at least 4 members (excludes halogenated alkanes) is 3. The predicted molar refractivity (Wildman–Crippen MR) is 66.3 cm³/mol. The molecule has 16 heavy (non-hydrogen) atoms. The molecule has 0 saturated heterocycles. The van der Waals surface area contributed by atoms with Crippen molar-refractivity contribution >= 4 is 0 Å². The number of aliphatic hydroxyl groups excluding tert-OH is 1. The number of hydrogen-bond acceptors (Lipinski definition) is 3. The van der Waals surface area contributed by atoms with E-state index >= 15 is 0 Å². The molecule has 3 nitrogen and oxygen atoms in total. The van der Waals surface area contributed by atoms with E-state index in [0.717, 1.165) is 19.3 Å². The summed E-state index contributed by atoms with van der Waals surface area (Å²) in [4.78, 5) is 0. The lowest BCUT2D eigenvalue weighted by atomic mass is 9.84. The molecule has 3 heteroatoms. The van der Waals surface area contributed by atoms with Crippen molar-refractivity contribution in [3.05, 3.63) is 0 Å². The van der Waals surface area contributed by atoms with Gasteiger partial charge in [0.1, 0.15) is 0 Å². The third-order valence-electron chi connectivity index (χ3n) is 2.84. The van der Waals surface area contributed by atoms with Crippen LogP contribution in [0.2, 0.25) is 0 Å². The summed E-state index contributed by atoms with van der Waals surface area (Å²) in [7, 11) is 0. The van der Waals surface area contributed by atoms with Gasteiger partial charge in [-0.05, 0) is 27.2 Å². The van der Waals surface area contributed by atoms with E-state index in [4.69, 9.17) is 0 Å². The van der Waals surface area contributed by atoms with Crippen LogP contribution in [0.15, 0.2) is 0 Å². The van der Waals surface area contributed by atoms with Crippen molar-refractivity contribution in [1.82, 2.24) is 0 Å². The van der Waals surface area contributed by atoms with Crippen molar-refractivity contribution in [3.8, 4) is 0 Å². The van der Waals surface area contributed by atoms with Crippen molar-refractivity contribution in [1.29, 1.82) is 0 Å². The molecule has 0 bridgehead atoms. The van der Waals surface area contributed by atoms with Gasteiger partial charge in [-0.15, -0.1) is 0 Å². The molecule has 0 heterocycles. The first kappa shape index (κ1) is 15.9. The zero-order valence-electron chi connectivity index (χ0n) is 11.2. The summed E-state index contributed by atoms with van der Waals surface area (Å²) in [6.07, 6.45) is 4.38. The minimum Gasteiger partial charge on any atom is -0.390 e. The molecule has 0 aliphatic heterocycles. The fourth-order valence-corrected chi connectivity index (χ4v) is 2.07. The van der Waals surface area contributed by atoms with Gasteiger partial charge in [0.25, 0.3) is 0 Å². The molecule has 0 fully saturated rings. The molecular weight excluding hydrogens is 204 g/mol. The van der Waals surface area contributed by atoms with Crippen LogP contribution in [0.3, 0.4) is 0 Å². The maximum atomic E-state index is 10.1. The maximum Gasteiger partial charge on any atom is 0.0904 e. The second-order valence-corrected chi connectivity index (χ2v) is 5.71. The van der Waals surface area contributed by atoms with E-state index < -0.39 is 17.3 Å². The van der Waals surface area contributed by atoms with Gasteiger partial charge in [0.2, 0.25) is 0 Å². The van der Waals surface area contributed by atoms with Gasteiger partial charge < -0.3 is 15.3 Å². The molecule has 0 aromatic rings. The van der Waals surface area contributed by atoms with E-state index in [2.05, 4.69) is 6.92 Å². The lowest BCUT2D eigenvalue weighted by molar-refractivity contribution is -0.108. The Morgan fingerprint density at radius 3 is 2.00 bits per heavy atom. The molecule has 0 aliphatic rings. The Hall–Kier alpha value is -0.120. The molecular formula is C13H28O3. The van der Waals surface area contributed by atoms with Crippen LogP contribution < -0.4 is 0 Å². The highest BCUT2D eigenvalue weighted by atomic mass is 16.3. The predicted octanol–water partition coefficient (Wildman–Crippen LogP) is 2.23. The van der Waals surface area contributed by atoms with Gasteiger partial charge in [-0.25, -0.2) is 0 Å². The molecule has 0 aromatic heterocycles. The SMILES string of the molecule is CCCCCCC(O)C(C)(O)CC(C)(C)O. The van der Waals surface area contributed by atoms with Crippen LogP contribution in [-0.2, 0) is 0 Å². The van der Waals surface area contributed by atoms with Gasteiger partial charge in [-0.2, -0.15) is 0 Å². The summed E-state index contributed by atoms with van der Waals surface area (Å²) in [6, 6.07) is 0. The molecule has 0 rings (SSSR count). The summed E-state index contributed by atoms with van der Waals surface area (Å²) in [5, 5.41) is 29.6. The van der Waals surface area contributed by atoms with Crippen LogP contribution in [0.1, 0.15) is 66.2 Å². The molecule has 3 N–H and O–H groups in total. The minimum atomic E-state index is -1.20. The van der Waals surface area contributed by atoms with Crippen LogP contribution in [0.4, 0.5) is 0 Å². The topological polar surface area (TPSA) is 60.7 Å². The van der Waals surface area contributed by atoms with Crippen LogP contribution in [-0.4, -0.2) is 32.6 Å². The normalized spacial score (nSPS) is 18.2. The maximum absolute atomic E-state index is 10.1. The van der Waals surface area contributed by atoms with E-state index in [-0.39, 0.29) is 6.42 Å². The first-order valence-corrected chi connectivity index (χ1v) is 6.32. The molecule has 0 aromatic carbocycles. The molecule has 2 atom stereocenters.